The van der Waals surface area contributed by atoms with Gasteiger partial charge < -0.3 is 5.32 Å². The van der Waals surface area contributed by atoms with Crippen molar-refractivity contribution in [1.29, 1.82) is 0 Å². The Bertz CT molecular complexity index is 417. The highest BCUT2D eigenvalue weighted by Gasteiger charge is 2.34. The summed E-state index contributed by atoms with van der Waals surface area (Å²) >= 11 is 3.64. The van der Waals surface area contributed by atoms with Crippen LogP contribution in [0.1, 0.15) is 37.8 Å². The topological polar surface area (TPSA) is 15.3 Å². The van der Waals surface area contributed by atoms with E-state index in [0.717, 1.165) is 6.04 Å². The van der Waals surface area contributed by atoms with Crippen LogP contribution in [-0.2, 0) is 0 Å². The van der Waals surface area contributed by atoms with Gasteiger partial charge in [-0.25, -0.2) is 0 Å². The molecule has 1 aromatic carbocycles. The van der Waals surface area contributed by atoms with Crippen molar-refractivity contribution in [3.05, 3.63) is 34.3 Å². The van der Waals surface area contributed by atoms with Crippen molar-refractivity contribution >= 4 is 15.9 Å². The first-order valence-electron chi connectivity index (χ1n) is 6.98. The van der Waals surface area contributed by atoms with Gasteiger partial charge in [-0.05, 0) is 37.8 Å². The van der Waals surface area contributed by atoms with E-state index in [-0.39, 0.29) is 0 Å². The van der Waals surface area contributed by atoms with Gasteiger partial charge in [0.25, 0.3) is 0 Å². The standard InChI is InChI=1S/C15H21BrN2/c1-11(14-4-2-3-5-15(14)16)17-12-8-9-18(10-12)13-6-7-13/h2-5,11-13,17H,6-10H2,1H3. The summed E-state index contributed by atoms with van der Waals surface area (Å²) in [4.78, 5) is 2.66. The summed E-state index contributed by atoms with van der Waals surface area (Å²) in [5.41, 5.74) is 1.36. The Hall–Kier alpha value is -0.380. The summed E-state index contributed by atoms with van der Waals surface area (Å²) in [6.07, 6.45) is 4.14. The number of nitrogens with one attached hydrogen (secondary N) is 1. The minimum atomic E-state index is 0.421. The second kappa shape index (κ2) is 5.32. The molecule has 0 aromatic heterocycles. The van der Waals surface area contributed by atoms with Gasteiger partial charge in [-0.1, -0.05) is 34.1 Å². The normalized spacial score (nSPS) is 26.4. The summed E-state index contributed by atoms with van der Waals surface area (Å²) in [7, 11) is 0. The number of nitrogens with zero attached hydrogens (tertiary/aromatic N) is 1. The summed E-state index contributed by atoms with van der Waals surface area (Å²) in [6, 6.07) is 10.5. The molecule has 3 heteroatoms. The summed E-state index contributed by atoms with van der Waals surface area (Å²) in [5.74, 6) is 0. The zero-order chi connectivity index (χ0) is 12.5. The maximum Gasteiger partial charge on any atom is 0.0306 e. The molecule has 0 amide bonds. The molecule has 1 saturated carbocycles. The molecule has 0 bridgehead atoms. The number of likely N-dealkylation sites (tertiary alicyclic amines) is 1. The number of halogens is 1. The molecule has 1 heterocycles. The minimum absolute atomic E-state index is 0.421. The van der Waals surface area contributed by atoms with Crippen molar-refractivity contribution in [3.63, 3.8) is 0 Å². The quantitative estimate of drug-likeness (QED) is 0.918. The lowest BCUT2D eigenvalue weighted by Crippen LogP contribution is -2.35. The third kappa shape index (κ3) is 2.79. The molecule has 2 unspecified atom stereocenters. The molecule has 0 radical (unpaired) electrons. The van der Waals surface area contributed by atoms with Gasteiger partial charge in [0, 0.05) is 35.7 Å². The van der Waals surface area contributed by atoms with Crippen LogP contribution in [0.4, 0.5) is 0 Å². The van der Waals surface area contributed by atoms with Crippen molar-refractivity contribution in [3.8, 4) is 0 Å². The van der Waals surface area contributed by atoms with Crippen LogP contribution in [0.25, 0.3) is 0 Å². The molecule has 3 rings (SSSR count). The van der Waals surface area contributed by atoms with Gasteiger partial charge in [0.2, 0.25) is 0 Å². The average Bonchev–Trinajstić information content (AvgIpc) is 3.11. The maximum atomic E-state index is 3.78. The fourth-order valence-corrected chi connectivity index (χ4v) is 3.59. The van der Waals surface area contributed by atoms with Crippen LogP contribution in [0.5, 0.6) is 0 Å². The molecule has 1 aliphatic heterocycles. The second-order valence-electron chi connectivity index (χ2n) is 5.62. The Morgan fingerprint density at radius 2 is 2.06 bits per heavy atom. The molecule has 1 aliphatic carbocycles. The van der Waals surface area contributed by atoms with Crippen molar-refractivity contribution in [2.75, 3.05) is 13.1 Å². The SMILES string of the molecule is CC(NC1CCN(C2CC2)C1)c1ccccc1Br. The molecule has 2 aliphatic rings. The third-order valence-electron chi connectivity index (χ3n) is 4.14. The van der Waals surface area contributed by atoms with E-state index in [2.05, 4.69) is 57.3 Å². The first-order valence-corrected chi connectivity index (χ1v) is 7.78. The van der Waals surface area contributed by atoms with Crippen molar-refractivity contribution in [2.45, 2.75) is 44.3 Å². The van der Waals surface area contributed by atoms with Gasteiger partial charge in [-0.15, -0.1) is 0 Å². The van der Waals surface area contributed by atoms with Crippen LogP contribution < -0.4 is 5.32 Å². The number of benzene rings is 1. The molecule has 18 heavy (non-hydrogen) atoms. The highest BCUT2D eigenvalue weighted by Crippen LogP contribution is 2.31. The molecule has 1 saturated heterocycles. The van der Waals surface area contributed by atoms with Crippen LogP contribution >= 0.6 is 15.9 Å². The minimum Gasteiger partial charge on any atom is -0.306 e. The van der Waals surface area contributed by atoms with Crippen molar-refractivity contribution in [1.82, 2.24) is 10.2 Å². The summed E-state index contributed by atoms with van der Waals surface area (Å²) < 4.78 is 1.21. The fraction of sp³-hybridized carbons (Fsp3) is 0.600. The van der Waals surface area contributed by atoms with Gasteiger partial charge in [-0.2, -0.15) is 0 Å². The van der Waals surface area contributed by atoms with E-state index in [4.69, 9.17) is 0 Å². The van der Waals surface area contributed by atoms with Gasteiger partial charge in [0.15, 0.2) is 0 Å². The molecular formula is C15H21BrN2. The Balaban J connectivity index is 1.58. The fourth-order valence-electron chi connectivity index (χ4n) is 2.96. The van der Waals surface area contributed by atoms with Gasteiger partial charge in [0.1, 0.15) is 0 Å². The van der Waals surface area contributed by atoms with E-state index in [1.165, 1.54) is 42.4 Å². The highest BCUT2D eigenvalue weighted by atomic mass is 79.9. The van der Waals surface area contributed by atoms with Crippen LogP contribution in [0, 0.1) is 0 Å². The molecule has 0 spiro atoms. The molecule has 1 N–H and O–H groups in total. The molecule has 2 fully saturated rings. The van der Waals surface area contributed by atoms with E-state index in [0.29, 0.717) is 12.1 Å². The monoisotopic (exact) mass is 308 g/mol. The number of hydrogen-bond acceptors (Lipinski definition) is 2. The largest absolute Gasteiger partial charge is 0.306 e. The van der Waals surface area contributed by atoms with Gasteiger partial charge in [0.05, 0.1) is 0 Å². The number of hydrogen-bond donors (Lipinski definition) is 1. The van der Waals surface area contributed by atoms with Crippen molar-refractivity contribution in [2.24, 2.45) is 0 Å². The Kier molecular flexibility index (Phi) is 3.73. The van der Waals surface area contributed by atoms with E-state index in [1.807, 2.05) is 0 Å². The van der Waals surface area contributed by atoms with Crippen molar-refractivity contribution < 1.29 is 0 Å². The summed E-state index contributed by atoms with van der Waals surface area (Å²) in [5, 5.41) is 3.78. The highest BCUT2D eigenvalue weighted by molar-refractivity contribution is 9.10. The van der Waals surface area contributed by atoms with E-state index in [9.17, 15) is 0 Å². The third-order valence-corrected chi connectivity index (χ3v) is 4.86. The predicted molar refractivity (Wildman–Crippen MR) is 78.7 cm³/mol. The maximum absolute atomic E-state index is 3.78. The van der Waals surface area contributed by atoms with Crippen LogP contribution in [-0.4, -0.2) is 30.1 Å². The Labute approximate surface area is 118 Å². The zero-order valence-corrected chi connectivity index (χ0v) is 12.5. The van der Waals surface area contributed by atoms with Crippen LogP contribution in [0.2, 0.25) is 0 Å². The lowest BCUT2D eigenvalue weighted by atomic mass is 10.1. The van der Waals surface area contributed by atoms with E-state index < -0.39 is 0 Å². The number of rotatable bonds is 4. The van der Waals surface area contributed by atoms with Crippen LogP contribution in [0.15, 0.2) is 28.7 Å². The zero-order valence-electron chi connectivity index (χ0n) is 10.9. The van der Waals surface area contributed by atoms with Gasteiger partial charge in [-0.3, -0.25) is 4.90 Å². The van der Waals surface area contributed by atoms with Crippen LogP contribution in [0.3, 0.4) is 0 Å². The first-order chi connectivity index (χ1) is 8.74. The Morgan fingerprint density at radius 3 is 2.78 bits per heavy atom. The van der Waals surface area contributed by atoms with E-state index >= 15 is 0 Å². The molecule has 1 aromatic rings. The molecular weight excluding hydrogens is 288 g/mol. The van der Waals surface area contributed by atoms with Gasteiger partial charge >= 0.3 is 0 Å². The predicted octanol–water partition coefficient (Wildman–Crippen LogP) is 3.34. The van der Waals surface area contributed by atoms with E-state index in [1.54, 1.807) is 0 Å². The lowest BCUT2D eigenvalue weighted by molar-refractivity contribution is 0.313. The molecule has 2 nitrogen and oxygen atoms in total. The smallest absolute Gasteiger partial charge is 0.0306 e. The molecule has 2 atom stereocenters. The molecule has 98 valence electrons. The average molecular weight is 309 g/mol. The summed E-state index contributed by atoms with van der Waals surface area (Å²) in [6.45, 7) is 4.78. The second-order valence-corrected chi connectivity index (χ2v) is 6.48. The Morgan fingerprint density at radius 1 is 1.28 bits per heavy atom. The lowest BCUT2D eigenvalue weighted by Gasteiger charge is -2.21. The first kappa shape index (κ1) is 12.6.